The molecular formula is C19H28N2O3. The molecule has 5 heteroatoms. The van der Waals surface area contributed by atoms with Gasteiger partial charge in [0.05, 0.1) is 6.61 Å². The summed E-state index contributed by atoms with van der Waals surface area (Å²) in [4.78, 5) is 27.7. The quantitative estimate of drug-likeness (QED) is 0.855. The van der Waals surface area contributed by atoms with E-state index in [0.717, 1.165) is 57.3 Å². The van der Waals surface area contributed by atoms with Crippen molar-refractivity contribution < 1.29 is 9.53 Å². The third-order valence-corrected chi connectivity index (χ3v) is 5.08. The summed E-state index contributed by atoms with van der Waals surface area (Å²) in [5.41, 5.74) is 1.49. The van der Waals surface area contributed by atoms with Crippen LogP contribution in [0.5, 0.6) is 5.75 Å². The molecule has 0 bridgehead atoms. The maximum atomic E-state index is 13.3. The molecular weight excluding hydrogens is 304 g/mol. The molecule has 5 nitrogen and oxygen atoms in total. The highest BCUT2D eigenvalue weighted by molar-refractivity contribution is 5.98. The molecule has 1 aromatic rings. The van der Waals surface area contributed by atoms with E-state index in [2.05, 4.69) is 0 Å². The molecule has 0 saturated carbocycles. The smallest absolute Gasteiger partial charge is 0.259 e. The first-order chi connectivity index (χ1) is 11.7. The van der Waals surface area contributed by atoms with E-state index in [1.165, 1.54) is 18.9 Å². The summed E-state index contributed by atoms with van der Waals surface area (Å²) < 4.78 is 7.51. The number of amides is 1. The van der Waals surface area contributed by atoms with Crippen molar-refractivity contribution in [2.75, 3.05) is 19.7 Å². The van der Waals surface area contributed by atoms with Crippen LogP contribution in [0, 0.1) is 0 Å². The third-order valence-electron chi connectivity index (χ3n) is 5.08. The average Bonchev–Trinajstić information content (AvgIpc) is 2.98. The molecule has 0 spiro atoms. The highest BCUT2D eigenvalue weighted by Crippen LogP contribution is 2.27. The summed E-state index contributed by atoms with van der Waals surface area (Å²) in [7, 11) is 0. The van der Waals surface area contributed by atoms with E-state index >= 15 is 0 Å². The van der Waals surface area contributed by atoms with Gasteiger partial charge in [0.25, 0.3) is 11.5 Å². The summed E-state index contributed by atoms with van der Waals surface area (Å²) in [5.74, 6) is 0.524. The molecule has 2 aliphatic rings. The van der Waals surface area contributed by atoms with Crippen LogP contribution in [0.15, 0.2) is 10.9 Å². The summed E-state index contributed by atoms with van der Waals surface area (Å²) in [6, 6.07) is 1.52. The lowest BCUT2D eigenvalue weighted by atomic mass is 10.1. The predicted molar refractivity (Wildman–Crippen MR) is 93.8 cm³/mol. The fourth-order valence-corrected chi connectivity index (χ4v) is 3.85. The molecule has 0 aromatic carbocycles. The maximum absolute atomic E-state index is 13.3. The number of pyridine rings is 1. The van der Waals surface area contributed by atoms with E-state index in [-0.39, 0.29) is 11.5 Å². The Morgan fingerprint density at radius 2 is 1.71 bits per heavy atom. The van der Waals surface area contributed by atoms with Crippen LogP contribution in [0.25, 0.3) is 0 Å². The van der Waals surface area contributed by atoms with Crippen molar-refractivity contribution in [2.24, 2.45) is 0 Å². The van der Waals surface area contributed by atoms with Crippen molar-refractivity contribution in [1.29, 1.82) is 0 Å². The highest BCUT2D eigenvalue weighted by atomic mass is 16.5. The molecule has 132 valence electrons. The third kappa shape index (κ3) is 3.50. The summed E-state index contributed by atoms with van der Waals surface area (Å²) in [6.07, 6.45) is 8.40. The molecule has 24 heavy (non-hydrogen) atoms. The molecule has 0 atom stereocenters. The zero-order valence-corrected chi connectivity index (χ0v) is 14.7. The van der Waals surface area contributed by atoms with E-state index in [1.807, 2.05) is 11.8 Å². The fraction of sp³-hybridized carbons (Fsp3) is 0.684. The van der Waals surface area contributed by atoms with Gasteiger partial charge in [0.15, 0.2) is 0 Å². The van der Waals surface area contributed by atoms with Crippen LogP contribution in [-0.4, -0.2) is 35.1 Å². The molecule has 1 saturated heterocycles. The fourth-order valence-electron chi connectivity index (χ4n) is 3.85. The van der Waals surface area contributed by atoms with E-state index < -0.39 is 0 Å². The van der Waals surface area contributed by atoms with Gasteiger partial charge in [0.1, 0.15) is 11.3 Å². The van der Waals surface area contributed by atoms with Crippen LogP contribution < -0.4 is 10.3 Å². The van der Waals surface area contributed by atoms with Gasteiger partial charge in [0.2, 0.25) is 0 Å². The minimum Gasteiger partial charge on any atom is -0.493 e. The first-order valence-electron chi connectivity index (χ1n) is 9.41. The number of carbonyl (C=O) groups is 1. The lowest BCUT2D eigenvalue weighted by Gasteiger charge is -2.24. The van der Waals surface area contributed by atoms with Gasteiger partial charge in [0, 0.05) is 31.4 Å². The normalized spacial score (nSPS) is 18.5. The number of likely N-dealkylation sites (tertiary alicyclic amines) is 1. The van der Waals surface area contributed by atoms with E-state index in [9.17, 15) is 9.59 Å². The van der Waals surface area contributed by atoms with Crippen molar-refractivity contribution in [3.8, 4) is 5.75 Å². The van der Waals surface area contributed by atoms with Crippen LogP contribution in [0.2, 0.25) is 0 Å². The Labute approximate surface area is 143 Å². The van der Waals surface area contributed by atoms with Crippen molar-refractivity contribution in [3.05, 3.63) is 27.7 Å². The number of fused-ring (bicyclic) bond motifs is 1. The number of aromatic nitrogens is 1. The van der Waals surface area contributed by atoms with Crippen LogP contribution >= 0.6 is 0 Å². The van der Waals surface area contributed by atoms with Crippen LogP contribution in [0.1, 0.15) is 67.9 Å². The summed E-state index contributed by atoms with van der Waals surface area (Å²) in [5, 5.41) is 0. The molecule has 1 amide bonds. The first-order valence-corrected chi connectivity index (χ1v) is 9.41. The van der Waals surface area contributed by atoms with Gasteiger partial charge >= 0.3 is 0 Å². The van der Waals surface area contributed by atoms with E-state index in [0.29, 0.717) is 24.5 Å². The minimum absolute atomic E-state index is 0.0391. The number of carbonyl (C=O) groups excluding carboxylic acids is 1. The molecule has 0 aliphatic carbocycles. The SMILES string of the molecule is CCOc1cc(=O)n2c(c1C(=O)N1CCCCCC1)CCCCC2. The molecule has 3 rings (SSSR count). The molecule has 3 heterocycles. The van der Waals surface area contributed by atoms with Crippen LogP contribution in [0.4, 0.5) is 0 Å². The van der Waals surface area contributed by atoms with Gasteiger partial charge in [-0.05, 0) is 39.0 Å². The maximum Gasteiger partial charge on any atom is 0.259 e. The van der Waals surface area contributed by atoms with Crippen molar-refractivity contribution in [3.63, 3.8) is 0 Å². The zero-order valence-electron chi connectivity index (χ0n) is 14.7. The summed E-state index contributed by atoms with van der Waals surface area (Å²) >= 11 is 0. The second-order valence-corrected chi connectivity index (χ2v) is 6.77. The van der Waals surface area contributed by atoms with Gasteiger partial charge in [-0.25, -0.2) is 0 Å². The van der Waals surface area contributed by atoms with Crippen molar-refractivity contribution >= 4 is 5.91 Å². The average molecular weight is 332 g/mol. The Morgan fingerprint density at radius 1 is 1.04 bits per heavy atom. The predicted octanol–water partition coefficient (Wildman–Crippen LogP) is 2.99. The number of hydrogen-bond donors (Lipinski definition) is 0. The second-order valence-electron chi connectivity index (χ2n) is 6.77. The first kappa shape index (κ1) is 17.1. The molecule has 0 unspecified atom stereocenters. The van der Waals surface area contributed by atoms with Crippen molar-refractivity contribution in [1.82, 2.24) is 9.47 Å². The summed E-state index contributed by atoms with van der Waals surface area (Å²) in [6.45, 7) is 4.68. The highest BCUT2D eigenvalue weighted by Gasteiger charge is 2.27. The van der Waals surface area contributed by atoms with Gasteiger partial charge in [-0.15, -0.1) is 0 Å². The van der Waals surface area contributed by atoms with Crippen molar-refractivity contribution in [2.45, 2.75) is 64.8 Å². The van der Waals surface area contributed by atoms with Crippen LogP contribution in [-0.2, 0) is 13.0 Å². The molecule has 1 aromatic heterocycles. The molecule has 0 N–H and O–H groups in total. The Morgan fingerprint density at radius 3 is 2.42 bits per heavy atom. The van der Waals surface area contributed by atoms with E-state index in [4.69, 9.17) is 4.74 Å². The standard InChI is InChI=1S/C19H28N2O3/c1-2-24-16-14-17(22)21-13-9-5-6-10-15(21)18(16)19(23)20-11-7-3-4-8-12-20/h14H,2-13H2,1H3. The van der Waals surface area contributed by atoms with Gasteiger partial charge in [-0.2, -0.15) is 0 Å². The monoisotopic (exact) mass is 332 g/mol. The van der Waals surface area contributed by atoms with Gasteiger partial charge < -0.3 is 14.2 Å². The Bertz CT molecular complexity index is 643. The number of ether oxygens (including phenoxy) is 1. The number of rotatable bonds is 3. The molecule has 0 radical (unpaired) electrons. The second kappa shape index (κ2) is 7.86. The van der Waals surface area contributed by atoms with E-state index in [1.54, 1.807) is 4.57 Å². The Balaban J connectivity index is 2.06. The van der Waals surface area contributed by atoms with Gasteiger partial charge in [-0.3, -0.25) is 9.59 Å². The molecule has 1 fully saturated rings. The lowest BCUT2D eigenvalue weighted by Crippen LogP contribution is -2.35. The minimum atomic E-state index is -0.0391. The van der Waals surface area contributed by atoms with Gasteiger partial charge in [-0.1, -0.05) is 19.3 Å². The lowest BCUT2D eigenvalue weighted by molar-refractivity contribution is 0.0755. The van der Waals surface area contributed by atoms with Crippen LogP contribution in [0.3, 0.4) is 0 Å². The molecule has 2 aliphatic heterocycles. The number of hydrogen-bond acceptors (Lipinski definition) is 3. The Kier molecular flexibility index (Phi) is 5.59. The zero-order chi connectivity index (χ0) is 16.9. The topological polar surface area (TPSA) is 51.5 Å². The number of nitrogens with zero attached hydrogens (tertiary/aromatic N) is 2. The largest absolute Gasteiger partial charge is 0.493 e. The Hall–Kier alpha value is -1.78.